The van der Waals surface area contributed by atoms with Crippen LogP contribution in [0, 0.1) is 0 Å². The van der Waals surface area contributed by atoms with Crippen molar-refractivity contribution < 1.29 is 9.53 Å². The van der Waals surface area contributed by atoms with Gasteiger partial charge < -0.3 is 10.1 Å². The standard InChI is InChI=1S/C19H25N5O2S/c1-4-5-6-7-8-20-17(25)15-22-16-14-12-9-19(2,3)26-10-13(12)27-18(14)21-11-24(16)23-15/h11H,4-10H2,1-3H3,(H,20,25). The van der Waals surface area contributed by atoms with Gasteiger partial charge in [0.2, 0.25) is 5.82 Å². The lowest BCUT2D eigenvalue weighted by atomic mass is 9.94. The maximum Gasteiger partial charge on any atom is 0.290 e. The highest BCUT2D eigenvalue weighted by atomic mass is 32.1. The minimum Gasteiger partial charge on any atom is -0.370 e. The summed E-state index contributed by atoms with van der Waals surface area (Å²) in [5.41, 5.74) is 1.71. The molecule has 4 rings (SSSR count). The molecule has 0 unspecified atom stereocenters. The molecule has 27 heavy (non-hydrogen) atoms. The monoisotopic (exact) mass is 387 g/mol. The number of thiophene rings is 1. The van der Waals surface area contributed by atoms with Crippen LogP contribution < -0.4 is 5.32 Å². The molecule has 3 aromatic heterocycles. The highest BCUT2D eigenvalue weighted by molar-refractivity contribution is 7.19. The van der Waals surface area contributed by atoms with Crippen LogP contribution in [0.3, 0.4) is 0 Å². The molecule has 1 N–H and O–H groups in total. The fourth-order valence-corrected chi connectivity index (χ4v) is 4.54. The van der Waals surface area contributed by atoms with E-state index in [0.717, 1.165) is 29.5 Å². The lowest BCUT2D eigenvalue weighted by Gasteiger charge is -2.30. The molecule has 0 radical (unpaired) electrons. The van der Waals surface area contributed by atoms with Crippen molar-refractivity contribution in [2.45, 2.75) is 65.1 Å². The Morgan fingerprint density at radius 1 is 1.37 bits per heavy atom. The Morgan fingerprint density at radius 3 is 3.04 bits per heavy atom. The highest BCUT2D eigenvalue weighted by Crippen LogP contribution is 2.39. The van der Waals surface area contributed by atoms with Gasteiger partial charge in [0.25, 0.3) is 5.91 Å². The molecule has 144 valence electrons. The highest BCUT2D eigenvalue weighted by Gasteiger charge is 2.31. The van der Waals surface area contributed by atoms with E-state index >= 15 is 0 Å². The number of hydrogen-bond acceptors (Lipinski definition) is 6. The fourth-order valence-electron chi connectivity index (χ4n) is 3.47. The summed E-state index contributed by atoms with van der Waals surface area (Å²) in [6.45, 7) is 7.60. The van der Waals surface area contributed by atoms with Gasteiger partial charge in [0.15, 0.2) is 5.65 Å². The molecule has 0 fully saturated rings. The maximum absolute atomic E-state index is 12.4. The van der Waals surface area contributed by atoms with Gasteiger partial charge in [0.05, 0.1) is 17.6 Å². The Morgan fingerprint density at radius 2 is 2.22 bits per heavy atom. The second-order valence-corrected chi connectivity index (χ2v) is 8.76. The van der Waals surface area contributed by atoms with Crippen LogP contribution in [0.15, 0.2) is 6.33 Å². The molecule has 8 heteroatoms. The average Bonchev–Trinajstić information content (AvgIpc) is 3.21. The molecule has 0 saturated carbocycles. The second kappa shape index (κ2) is 7.16. The quantitative estimate of drug-likeness (QED) is 0.655. The number of aromatic nitrogens is 4. The number of hydrogen-bond donors (Lipinski definition) is 1. The topological polar surface area (TPSA) is 81.4 Å². The minimum atomic E-state index is -0.226. The summed E-state index contributed by atoms with van der Waals surface area (Å²) in [4.78, 5) is 23.6. The third-order valence-electron chi connectivity index (χ3n) is 4.93. The molecular formula is C19H25N5O2S. The largest absolute Gasteiger partial charge is 0.370 e. The van der Waals surface area contributed by atoms with Crippen LogP contribution in [0.25, 0.3) is 15.9 Å². The molecule has 3 aromatic rings. The van der Waals surface area contributed by atoms with Crippen LogP contribution in [0.2, 0.25) is 0 Å². The van der Waals surface area contributed by atoms with Gasteiger partial charge in [0.1, 0.15) is 11.2 Å². The number of nitrogens with one attached hydrogen (secondary N) is 1. The van der Waals surface area contributed by atoms with E-state index in [9.17, 15) is 4.79 Å². The van der Waals surface area contributed by atoms with Crippen molar-refractivity contribution >= 4 is 33.1 Å². The van der Waals surface area contributed by atoms with Crippen molar-refractivity contribution in [1.82, 2.24) is 24.9 Å². The van der Waals surface area contributed by atoms with E-state index in [-0.39, 0.29) is 17.3 Å². The van der Waals surface area contributed by atoms with Crippen molar-refractivity contribution in [3.63, 3.8) is 0 Å². The molecule has 7 nitrogen and oxygen atoms in total. The van der Waals surface area contributed by atoms with Crippen LogP contribution in [-0.2, 0) is 17.8 Å². The predicted molar refractivity (Wildman–Crippen MR) is 105 cm³/mol. The van der Waals surface area contributed by atoms with Crippen LogP contribution in [0.4, 0.5) is 0 Å². The van der Waals surface area contributed by atoms with Crippen molar-refractivity contribution in [3.8, 4) is 0 Å². The Balaban J connectivity index is 1.63. The van der Waals surface area contributed by atoms with Crippen LogP contribution in [0.5, 0.6) is 0 Å². The van der Waals surface area contributed by atoms with Gasteiger partial charge >= 0.3 is 0 Å². The predicted octanol–water partition coefficient (Wildman–Crippen LogP) is 3.50. The zero-order valence-electron chi connectivity index (χ0n) is 16.0. The summed E-state index contributed by atoms with van der Waals surface area (Å²) in [5, 5.41) is 8.27. The summed E-state index contributed by atoms with van der Waals surface area (Å²) in [6.07, 6.45) is 6.91. The van der Waals surface area contributed by atoms with E-state index in [2.05, 4.69) is 41.2 Å². The molecule has 1 aliphatic heterocycles. The number of amides is 1. The molecule has 1 amide bonds. The van der Waals surface area contributed by atoms with Gasteiger partial charge in [-0.05, 0) is 25.8 Å². The van der Waals surface area contributed by atoms with Gasteiger partial charge in [-0.1, -0.05) is 26.2 Å². The molecule has 0 aliphatic carbocycles. The van der Waals surface area contributed by atoms with E-state index in [1.54, 1.807) is 22.2 Å². The number of carbonyl (C=O) groups is 1. The molecule has 1 aliphatic rings. The van der Waals surface area contributed by atoms with Gasteiger partial charge in [-0.2, -0.15) is 0 Å². The van der Waals surface area contributed by atoms with Gasteiger partial charge in [-0.25, -0.2) is 14.5 Å². The Bertz CT molecular complexity index is 991. The molecule has 0 bridgehead atoms. The SMILES string of the molecule is CCCCCCNC(=O)c1nc2c3c4c(sc3ncn2n1)COC(C)(C)C4. The van der Waals surface area contributed by atoms with E-state index in [4.69, 9.17) is 4.74 Å². The summed E-state index contributed by atoms with van der Waals surface area (Å²) >= 11 is 1.64. The number of unbranched alkanes of at least 4 members (excludes halogenated alkanes) is 3. The third kappa shape index (κ3) is 3.55. The Hall–Kier alpha value is -2.06. The van der Waals surface area contributed by atoms with E-state index < -0.39 is 0 Å². The van der Waals surface area contributed by atoms with Crippen molar-refractivity contribution in [2.75, 3.05) is 6.54 Å². The number of fused-ring (bicyclic) bond motifs is 5. The molecule has 4 heterocycles. The van der Waals surface area contributed by atoms with E-state index in [0.29, 0.717) is 18.8 Å². The summed E-state index contributed by atoms with van der Waals surface area (Å²) in [5.74, 6) is -0.0258. The van der Waals surface area contributed by atoms with Gasteiger partial charge in [0, 0.05) is 17.8 Å². The fraction of sp³-hybridized carbons (Fsp3) is 0.579. The zero-order chi connectivity index (χ0) is 19.0. The smallest absolute Gasteiger partial charge is 0.290 e. The van der Waals surface area contributed by atoms with E-state index in [1.165, 1.54) is 23.3 Å². The summed E-state index contributed by atoms with van der Waals surface area (Å²) < 4.78 is 7.54. The Labute approximate surface area is 162 Å². The van der Waals surface area contributed by atoms with Crippen molar-refractivity contribution in [1.29, 1.82) is 0 Å². The van der Waals surface area contributed by atoms with Crippen LogP contribution in [0.1, 0.15) is 67.5 Å². The Kier molecular flexibility index (Phi) is 4.86. The number of carbonyl (C=O) groups excluding carboxylic acids is 1. The number of ether oxygens (including phenoxy) is 1. The van der Waals surface area contributed by atoms with Crippen LogP contribution in [-0.4, -0.2) is 37.6 Å². The van der Waals surface area contributed by atoms with Crippen molar-refractivity contribution in [2.24, 2.45) is 0 Å². The first-order chi connectivity index (χ1) is 13.0. The van der Waals surface area contributed by atoms with Gasteiger partial charge in [-0.15, -0.1) is 16.4 Å². The third-order valence-corrected chi connectivity index (χ3v) is 6.04. The second-order valence-electron chi connectivity index (χ2n) is 7.67. The molecule has 0 saturated heterocycles. The first-order valence-electron chi connectivity index (χ1n) is 9.56. The average molecular weight is 388 g/mol. The van der Waals surface area contributed by atoms with E-state index in [1.807, 2.05) is 0 Å². The number of rotatable bonds is 6. The first-order valence-corrected chi connectivity index (χ1v) is 10.4. The first kappa shape index (κ1) is 18.3. The molecule has 0 aromatic carbocycles. The minimum absolute atomic E-state index is 0.200. The van der Waals surface area contributed by atoms with Gasteiger partial charge in [-0.3, -0.25) is 4.79 Å². The molecule has 0 spiro atoms. The lowest BCUT2D eigenvalue weighted by molar-refractivity contribution is -0.0379. The van der Waals surface area contributed by atoms with Crippen molar-refractivity contribution in [3.05, 3.63) is 22.6 Å². The maximum atomic E-state index is 12.4. The summed E-state index contributed by atoms with van der Waals surface area (Å²) in [6, 6.07) is 0. The lowest BCUT2D eigenvalue weighted by Crippen LogP contribution is -2.31. The zero-order valence-corrected chi connectivity index (χ0v) is 16.9. The normalized spacial score (nSPS) is 16.0. The number of nitrogens with zero attached hydrogens (tertiary/aromatic N) is 4. The molecular weight excluding hydrogens is 362 g/mol. The summed E-state index contributed by atoms with van der Waals surface area (Å²) in [7, 11) is 0. The molecule has 0 atom stereocenters. The van der Waals surface area contributed by atoms with Crippen LogP contribution >= 0.6 is 11.3 Å².